The minimum atomic E-state index is -0.775. The molecule has 4 nitrogen and oxygen atoms in total. The Kier molecular flexibility index (Phi) is 2.99. The molecule has 0 radical (unpaired) electrons. The molecule has 0 saturated heterocycles. The van der Waals surface area contributed by atoms with Gasteiger partial charge in [0.2, 0.25) is 0 Å². The van der Waals surface area contributed by atoms with Crippen LogP contribution in [0.15, 0.2) is 18.2 Å². The number of hydrogen-bond acceptors (Lipinski definition) is 3. The lowest BCUT2D eigenvalue weighted by Gasteiger charge is -2.10. The second-order valence-electron chi connectivity index (χ2n) is 3.81. The van der Waals surface area contributed by atoms with E-state index in [1.165, 1.54) is 0 Å². The molecular formula is C12H14O4. The predicted molar refractivity (Wildman–Crippen MR) is 58.1 cm³/mol. The smallest absolute Gasteiger partial charge is 0.303 e. The largest absolute Gasteiger partial charge is 0.496 e. The Bertz CT molecular complexity index is 400. The monoisotopic (exact) mass is 222 g/mol. The van der Waals surface area contributed by atoms with E-state index in [1.807, 2.05) is 18.2 Å². The number of ether oxygens (including phenoxy) is 2. The van der Waals surface area contributed by atoms with Crippen molar-refractivity contribution in [1.82, 2.24) is 0 Å². The van der Waals surface area contributed by atoms with Gasteiger partial charge in [-0.15, -0.1) is 0 Å². The third-order valence-corrected chi connectivity index (χ3v) is 2.80. The van der Waals surface area contributed by atoms with Gasteiger partial charge in [0, 0.05) is 17.9 Å². The van der Waals surface area contributed by atoms with Crippen LogP contribution >= 0.6 is 0 Å². The fourth-order valence-electron chi connectivity index (χ4n) is 2.03. The van der Waals surface area contributed by atoms with Gasteiger partial charge in [0.05, 0.1) is 13.7 Å². The highest BCUT2D eigenvalue weighted by Crippen LogP contribution is 2.42. The number of benzene rings is 1. The molecule has 1 atom stereocenters. The summed E-state index contributed by atoms with van der Waals surface area (Å²) in [6, 6.07) is 5.64. The van der Waals surface area contributed by atoms with E-state index in [-0.39, 0.29) is 12.3 Å². The van der Waals surface area contributed by atoms with Crippen LogP contribution < -0.4 is 9.47 Å². The van der Waals surface area contributed by atoms with Crippen LogP contribution in [0.1, 0.15) is 24.3 Å². The first kappa shape index (κ1) is 10.8. The van der Waals surface area contributed by atoms with Gasteiger partial charge < -0.3 is 14.6 Å². The zero-order valence-corrected chi connectivity index (χ0v) is 9.10. The van der Waals surface area contributed by atoms with E-state index in [1.54, 1.807) is 7.11 Å². The molecule has 1 aromatic carbocycles. The molecule has 2 rings (SSSR count). The molecule has 1 aliphatic heterocycles. The summed E-state index contributed by atoms with van der Waals surface area (Å²) in [5, 5.41) is 8.68. The molecule has 86 valence electrons. The molecule has 1 unspecified atom stereocenters. The first-order valence-corrected chi connectivity index (χ1v) is 5.24. The molecule has 0 fully saturated rings. The molecule has 0 saturated carbocycles. The van der Waals surface area contributed by atoms with Crippen LogP contribution in [-0.2, 0) is 4.79 Å². The van der Waals surface area contributed by atoms with Gasteiger partial charge in [-0.2, -0.15) is 0 Å². The van der Waals surface area contributed by atoms with Crippen LogP contribution in [0.25, 0.3) is 0 Å². The summed E-state index contributed by atoms with van der Waals surface area (Å²) in [5.41, 5.74) is 1.01. The van der Waals surface area contributed by atoms with E-state index in [2.05, 4.69) is 0 Å². The summed E-state index contributed by atoms with van der Waals surface area (Å²) in [5.74, 6) is 0.950. The van der Waals surface area contributed by atoms with Gasteiger partial charge in [0.15, 0.2) is 0 Å². The number of carbonyl (C=O) groups is 1. The minimum absolute atomic E-state index is 0.127. The Morgan fingerprint density at radius 3 is 3.12 bits per heavy atom. The molecule has 16 heavy (non-hydrogen) atoms. The summed E-state index contributed by atoms with van der Waals surface area (Å²) in [7, 11) is 1.61. The third-order valence-electron chi connectivity index (χ3n) is 2.80. The van der Waals surface area contributed by atoms with Gasteiger partial charge in [-0.05, 0) is 18.6 Å². The van der Waals surface area contributed by atoms with Crippen LogP contribution in [0.2, 0.25) is 0 Å². The van der Waals surface area contributed by atoms with Crippen molar-refractivity contribution in [2.45, 2.75) is 18.8 Å². The summed E-state index contributed by atoms with van der Waals surface area (Å²) in [4.78, 5) is 10.6. The average molecular weight is 222 g/mol. The van der Waals surface area contributed by atoms with Gasteiger partial charge >= 0.3 is 5.97 Å². The summed E-state index contributed by atoms with van der Waals surface area (Å²) >= 11 is 0. The molecule has 4 heteroatoms. The van der Waals surface area contributed by atoms with E-state index in [0.29, 0.717) is 13.0 Å². The van der Waals surface area contributed by atoms with Crippen LogP contribution in [0.4, 0.5) is 0 Å². The molecule has 1 aliphatic rings. The van der Waals surface area contributed by atoms with E-state index < -0.39 is 5.97 Å². The molecule has 1 aromatic rings. The van der Waals surface area contributed by atoms with Crippen LogP contribution in [0.3, 0.4) is 0 Å². The van der Waals surface area contributed by atoms with Crippen molar-refractivity contribution in [2.24, 2.45) is 0 Å². The molecule has 0 bridgehead atoms. The number of carboxylic acids is 1. The Balaban J connectivity index is 2.20. The van der Waals surface area contributed by atoms with Crippen molar-refractivity contribution < 1.29 is 19.4 Å². The van der Waals surface area contributed by atoms with Crippen molar-refractivity contribution in [3.63, 3.8) is 0 Å². The molecule has 1 N–H and O–H groups in total. The lowest BCUT2D eigenvalue weighted by molar-refractivity contribution is -0.137. The second-order valence-corrected chi connectivity index (χ2v) is 3.81. The molecular weight excluding hydrogens is 208 g/mol. The number of rotatable bonds is 4. The maximum absolute atomic E-state index is 10.6. The molecule has 0 amide bonds. The number of aliphatic carboxylic acids is 1. The molecule has 0 aromatic heterocycles. The normalized spacial score (nSPS) is 17.7. The molecule has 1 heterocycles. The fourth-order valence-corrected chi connectivity index (χ4v) is 2.03. The number of fused-ring (bicyclic) bond motifs is 1. The van der Waals surface area contributed by atoms with Crippen molar-refractivity contribution in [2.75, 3.05) is 13.7 Å². The lowest BCUT2D eigenvalue weighted by Crippen LogP contribution is -2.05. The average Bonchev–Trinajstić information content (AvgIpc) is 2.69. The van der Waals surface area contributed by atoms with Crippen LogP contribution in [0.5, 0.6) is 11.5 Å². The number of methoxy groups -OCH3 is 1. The van der Waals surface area contributed by atoms with Crippen molar-refractivity contribution in [3.8, 4) is 11.5 Å². The number of carboxylic acid groups (broad SMARTS) is 1. The first-order valence-electron chi connectivity index (χ1n) is 5.24. The SMILES string of the molecule is COc1cccc2c1C(CCC(=O)O)CO2. The topological polar surface area (TPSA) is 55.8 Å². The lowest BCUT2D eigenvalue weighted by atomic mass is 9.95. The Hall–Kier alpha value is -1.71. The Labute approximate surface area is 93.8 Å². The van der Waals surface area contributed by atoms with Crippen molar-refractivity contribution >= 4 is 5.97 Å². The predicted octanol–water partition coefficient (Wildman–Crippen LogP) is 2.04. The van der Waals surface area contributed by atoms with Gasteiger partial charge in [0.25, 0.3) is 0 Å². The minimum Gasteiger partial charge on any atom is -0.496 e. The standard InChI is InChI=1S/C12H14O4/c1-15-9-3-2-4-10-12(9)8(7-16-10)5-6-11(13)14/h2-4,8H,5-7H2,1H3,(H,13,14). The van der Waals surface area contributed by atoms with Crippen LogP contribution in [-0.4, -0.2) is 24.8 Å². The summed E-state index contributed by atoms with van der Waals surface area (Å²) in [6.45, 7) is 0.545. The van der Waals surface area contributed by atoms with Gasteiger partial charge in [-0.25, -0.2) is 0 Å². The molecule has 0 spiro atoms. The highest BCUT2D eigenvalue weighted by molar-refractivity contribution is 5.67. The van der Waals surface area contributed by atoms with Gasteiger partial charge in [-0.3, -0.25) is 4.79 Å². The Morgan fingerprint density at radius 1 is 1.62 bits per heavy atom. The zero-order chi connectivity index (χ0) is 11.5. The second kappa shape index (κ2) is 4.43. The summed E-state index contributed by atoms with van der Waals surface area (Å²) < 4.78 is 10.8. The third kappa shape index (κ3) is 1.96. The Morgan fingerprint density at radius 2 is 2.44 bits per heavy atom. The summed E-state index contributed by atoms with van der Waals surface area (Å²) in [6.07, 6.45) is 0.744. The molecule has 0 aliphatic carbocycles. The number of hydrogen-bond donors (Lipinski definition) is 1. The van der Waals surface area contributed by atoms with E-state index in [4.69, 9.17) is 14.6 Å². The van der Waals surface area contributed by atoms with Crippen LogP contribution in [0, 0.1) is 0 Å². The van der Waals surface area contributed by atoms with Crippen molar-refractivity contribution in [3.05, 3.63) is 23.8 Å². The van der Waals surface area contributed by atoms with Crippen molar-refractivity contribution in [1.29, 1.82) is 0 Å². The fraction of sp³-hybridized carbons (Fsp3) is 0.417. The maximum atomic E-state index is 10.6. The highest BCUT2D eigenvalue weighted by Gasteiger charge is 2.27. The van der Waals surface area contributed by atoms with Gasteiger partial charge in [0.1, 0.15) is 11.5 Å². The zero-order valence-electron chi connectivity index (χ0n) is 9.10. The first-order chi connectivity index (χ1) is 7.72. The maximum Gasteiger partial charge on any atom is 0.303 e. The van der Waals surface area contributed by atoms with Gasteiger partial charge in [-0.1, -0.05) is 6.07 Å². The van der Waals surface area contributed by atoms with E-state index >= 15 is 0 Å². The van der Waals surface area contributed by atoms with E-state index in [9.17, 15) is 4.79 Å². The highest BCUT2D eigenvalue weighted by atomic mass is 16.5. The van der Waals surface area contributed by atoms with E-state index in [0.717, 1.165) is 17.1 Å². The quantitative estimate of drug-likeness (QED) is 0.846.